The maximum atomic E-state index is 6.21. The third-order valence-corrected chi connectivity index (χ3v) is 5.59. The molecule has 1 aromatic carbocycles. The summed E-state index contributed by atoms with van der Waals surface area (Å²) < 4.78 is 8.18. The van der Waals surface area contributed by atoms with E-state index in [1.807, 2.05) is 18.2 Å². The maximum absolute atomic E-state index is 6.21. The first-order valence-electron chi connectivity index (χ1n) is 6.41. The monoisotopic (exact) mass is 375 g/mol. The topological polar surface area (TPSA) is 35.2 Å². The van der Waals surface area contributed by atoms with Crippen molar-refractivity contribution in [1.29, 1.82) is 0 Å². The van der Waals surface area contributed by atoms with E-state index in [4.69, 9.17) is 10.5 Å². The Labute approximate surface area is 126 Å². The zero-order chi connectivity index (χ0) is 13.3. The Morgan fingerprint density at radius 1 is 1.28 bits per heavy atom. The van der Waals surface area contributed by atoms with E-state index in [1.165, 1.54) is 0 Å². The summed E-state index contributed by atoms with van der Waals surface area (Å²) in [6.07, 6.45) is 3.29. The van der Waals surface area contributed by atoms with Gasteiger partial charge in [0.1, 0.15) is 11.9 Å². The van der Waals surface area contributed by atoms with E-state index >= 15 is 0 Å². The number of benzene rings is 1. The fraction of sp³-hybridized carbons (Fsp3) is 0.571. The summed E-state index contributed by atoms with van der Waals surface area (Å²) >= 11 is 7.08. The van der Waals surface area contributed by atoms with Crippen molar-refractivity contribution in [2.45, 2.75) is 45.3 Å². The molecule has 2 rings (SSSR count). The minimum Gasteiger partial charge on any atom is -0.487 e. The van der Waals surface area contributed by atoms with Crippen LogP contribution in [0.3, 0.4) is 0 Å². The lowest BCUT2D eigenvalue weighted by Gasteiger charge is -2.53. The molecule has 1 saturated carbocycles. The second kappa shape index (κ2) is 5.51. The van der Waals surface area contributed by atoms with Crippen LogP contribution in [0.1, 0.15) is 33.1 Å². The van der Waals surface area contributed by atoms with Crippen LogP contribution < -0.4 is 10.5 Å². The van der Waals surface area contributed by atoms with Crippen LogP contribution in [0, 0.1) is 5.41 Å². The first-order chi connectivity index (χ1) is 8.55. The molecule has 1 aromatic rings. The maximum Gasteiger partial charge on any atom is 0.148 e. The molecule has 18 heavy (non-hydrogen) atoms. The highest BCUT2D eigenvalue weighted by molar-refractivity contribution is 9.11. The number of halogens is 2. The third-order valence-electron chi connectivity index (χ3n) is 4.34. The van der Waals surface area contributed by atoms with Gasteiger partial charge in [0, 0.05) is 17.9 Å². The molecule has 0 radical (unpaired) electrons. The van der Waals surface area contributed by atoms with Gasteiger partial charge < -0.3 is 10.5 Å². The van der Waals surface area contributed by atoms with E-state index in [-0.39, 0.29) is 17.6 Å². The van der Waals surface area contributed by atoms with Crippen molar-refractivity contribution in [2.24, 2.45) is 11.1 Å². The lowest BCUT2D eigenvalue weighted by molar-refractivity contribution is -0.0729. The fourth-order valence-electron chi connectivity index (χ4n) is 2.91. The summed E-state index contributed by atoms with van der Waals surface area (Å²) in [6, 6.07) is 6.25. The van der Waals surface area contributed by atoms with Crippen LogP contribution in [-0.2, 0) is 0 Å². The molecular weight excluding hydrogens is 358 g/mol. The molecule has 0 heterocycles. The molecule has 2 atom stereocenters. The van der Waals surface area contributed by atoms with Gasteiger partial charge >= 0.3 is 0 Å². The summed E-state index contributed by atoms with van der Waals surface area (Å²) in [5, 5.41) is 0. The first-order valence-corrected chi connectivity index (χ1v) is 8.00. The molecule has 2 N–H and O–H groups in total. The molecule has 2 nitrogen and oxygen atoms in total. The highest BCUT2D eigenvalue weighted by Gasteiger charge is 2.52. The second-order valence-corrected chi connectivity index (χ2v) is 6.65. The Bertz CT molecular complexity index is 412. The van der Waals surface area contributed by atoms with Crippen molar-refractivity contribution < 1.29 is 4.74 Å². The van der Waals surface area contributed by atoms with Crippen LogP contribution in [0.2, 0.25) is 0 Å². The smallest absolute Gasteiger partial charge is 0.148 e. The quantitative estimate of drug-likeness (QED) is 0.839. The molecular formula is C14H19Br2NO. The van der Waals surface area contributed by atoms with E-state index < -0.39 is 0 Å². The SMILES string of the molecule is CCC1(CC)C(N)CC1Oc1c(Br)cccc1Br. The van der Waals surface area contributed by atoms with Crippen LogP contribution in [-0.4, -0.2) is 12.1 Å². The highest BCUT2D eigenvalue weighted by Crippen LogP contribution is 2.49. The Morgan fingerprint density at radius 3 is 2.28 bits per heavy atom. The van der Waals surface area contributed by atoms with Crippen LogP contribution in [0.4, 0.5) is 0 Å². The molecule has 0 spiro atoms. The van der Waals surface area contributed by atoms with Gasteiger partial charge in [0.05, 0.1) is 8.95 Å². The molecule has 1 fully saturated rings. The molecule has 0 aromatic heterocycles. The molecule has 1 aliphatic rings. The molecule has 100 valence electrons. The minimum absolute atomic E-state index is 0.134. The van der Waals surface area contributed by atoms with E-state index in [0.717, 1.165) is 34.0 Å². The fourth-order valence-corrected chi connectivity index (χ4v) is 4.10. The normalized spacial score (nSPS) is 25.6. The van der Waals surface area contributed by atoms with Gasteiger partial charge in [-0.2, -0.15) is 0 Å². The van der Waals surface area contributed by atoms with Crippen LogP contribution in [0.15, 0.2) is 27.1 Å². The lowest BCUT2D eigenvalue weighted by atomic mass is 9.59. The molecule has 0 amide bonds. The van der Waals surface area contributed by atoms with Crippen LogP contribution in [0.25, 0.3) is 0 Å². The average Bonchev–Trinajstić information content (AvgIpc) is 2.34. The largest absolute Gasteiger partial charge is 0.487 e. The number of hydrogen-bond acceptors (Lipinski definition) is 2. The summed E-state index contributed by atoms with van der Waals surface area (Å²) in [5.41, 5.74) is 6.33. The Kier molecular flexibility index (Phi) is 4.40. The highest BCUT2D eigenvalue weighted by atomic mass is 79.9. The zero-order valence-corrected chi connectivity index (χ0v) is 13.9. The molecule has 2 unspecified atom stereocenters. The van der Waals surface area contributed by atoms with Crippen molar-refractivity contribution in [3.8, 4) is 5.75 Å². The van der Waals surface area contributed by atoms with Gasteiger partial charge in [0.25, 0.3) is 0 Å². The summed E-state index contributed by atoms with van der Waals surface area (Å²) in [5.74, 6) is 0.890. The van der Waals surface area contributed by atoms with Crippen molar-refractivity contribution in [3.05, 3.63) is 27.1 Å². The molecule has 0 saturated heterocycles. The number of rotatable bonds is 4. The Morgan fingerprint density at radius 2 is 1.83 bits per heavy atom. The van der Waals surface area contributed by atoms with Crippen molar-refractivity contribution in [2.75, 3.05) is 0 Å². The van der Waals surface area contributed by atoms with Gasteiger partial charge in [-0.1, -0.05) is 19.9 Å². The Balaban J connectivity index is 2.20. The van der Waals surface area contributed by atoms with Crippen LogP contribution in [0.5, 0.6) is 5.75 Å². The van der Waals surface area contributed by atoms with E-state index in [9.17, 15) is 0 Å². The van der Waals surface area contributed by atoms with E-state index in [1.54, 1.807) is 0 Å². The number of ether oxygens (including phenoxy) is 1. The first kappa shape index (κ1) is 14.4. The molecule has 1 aliphatic carbocycles. The van der Waals surface area contributed by atoms with E-state index in [0.29, 0.717) is 0 Å². The minimum atomic E-state index is 0.134. The molecule has 0 bridgehead atoms. The lowest BCUT2D eigenvalue weighted by Crippen LogP contribution is -2.63. The van der Waals surface area contributed by atoms with E-state index in [2.05, 4.69) is 45.7 Å². The van der Waals surface area contributed by atoms with Crippen LogP contribution >= 0.6 is 31.9 Å². The van der Waals surface area contributed by atoms with Gasteiger partial charge in [-0.05, 0) is 56.8 Å². The standard InChI is InChI=1S/C14H19Br2NO/c1-3-14(4-2)11(17)8-12(14)18-13-9(15)6-5-7-10(13)16/h5-7,11-12H,3-4,8,17H2,1-2H3. The second-order valence-electron chi connectivity index (χ2n) is 4.94. The van der Waals surface area contributed by atoms with Crippen molar-refractivity contribution >= 4 is 31.9 Å². The average molecular weight is 377 g/mol. The van der Waals surface area contributed by atoms with Gasteiger partial charge in [0.15, 0.2) is 0 Å². The number of hydrogen-bond donors (Lipinski definition) is 1. The summed E-state index contributed by atoms with van der Waals surface area (Å²) in [6.45, 7) is 4.40. The molecule has 4 heteroatoms. The summed E-state index contributed by atoms with van der Waals surface area (Å²) in [7, 11) is 0. The predicted molar refractivity (Wildman–Crippen MR) is 81.9 cm³/mol. The van der Waals surface area contributed by atoms with Gasteiger partial charge in [-0.15, -0.1) is 0 Å². The zero-order valence-electron chi connectivity index (χ0n) is 10.7. The molecule has 0 aliphatic heterocycles. The third kappa shape index (κ3) is 2.23. The van der Waals surface area contributed by atoms with Crippen molar-refractivity contribution in [1.82, 2.24) is 0 Å². The van der Waals surface area contributed by atoms with Gasteiger partial charge in [0.2, 0.25) is 0 Å². The predicted octanol–water partition coefficient (Wildman–Crippen LogP) is 4.50. The van der Waals surface area contributed by atoms with Crippen molar-refractivity contribution in [3.63, 3.8) is 0 Å². The summed E-state index contributed by atoms with van der Waals surface area (Å²) in [4.78, 5) is 0. The number of para-hydroxylation sites is 1. The Hall–Kier alpha value is -0.0600. The van der Waals surface area contributed by atoms with Gasteiger partial charge in [-0.3, -0.25) is 0 Å². The number of nitrogens with two attached hydrogens (primary N) is 1. The van der Waals surface area contributed by atoms with Gasteiger partial charge in [-0.25, -0.2) is 0 Å².